The third kappa shape index (κ3) is 4.72. The lowest BCUT2D eigenvalue weighted by atomic mass is 10.2. The fourth-order valence-electron chi connectivity index (χ4n) is 1.91. The summed E-state index contributed by atoms with van der Waals surface area (Å²) in [6.07, 6.45) is 2.21. The van der Waals surface area contributed by atoms with Gasteiger partial charge in [-0.15, -0.1) is 0 Å². The molecule has 1 N–H and O–H groups in total. The second kappa shape index (κ2) is 8.01. The molecule has 0 radical (unpaired) electrons. The van der Waals surface area contributed by atoms with Gasteiger partial charge < -0.3 is 9.73 Å². The summed E-state index contributed by atoms with van der Waals surface area (Å²) in [6.45, 7) is 4.13. The average Bonchev–Trinajstić information content (AvgIpc) is 3.00. The van der Waals surface area contributed by atoms with Gasteiger partial charge in [-0.2, -0.15) is 0 Å². The van der Waals surface area contributed by atoms with Crippen LogP contribution in [-0.2, 0) is 21.3 Å². The molecule has 1 aromatic heterocycles. The van der Waals surface area contributed by atoms with Gasteiger partial charge in [-0.3, -0.25) is 9.00 Å². The van der Waals surface area contributed by atoms with E-state index in [0.29, 0.717) is 17.8 Å². The fraction of sp³-hybridized carbons (Fsp3) is 0.375. The van der Waals surface area contributed by atoms with Crippen LogP contribution >= 0.6 is 0 Å². The number of aromatic nitrogens is 1. The van der Waals surface area contributed by atoms with Crippen LogP contribution in [0.5, 0.6) is 0 Å². The molecule has 0 aliphatic carbocycles. The Morgan fingerprint density at radius 2 is 2.26 bits per heavy atom. The monoisotopic (exact) mass is 338 g/mol. The topological polar surface area (TPSA) is 72.2 Å². The highest BCUT2D eigenvalue weighted by atomic mass is 32.2. The third-order valence-corrected chi connectivity index (χ3v) is 4.81. The number of carbonyl (C=O) groups excluding carboxylic acids is 1. The molecule has 0 saturated heterocycles. The van der Waals surface area contributed by atoms with Crippen molar-refractivity contribution in [2.75, 3.05) is 6.54 Å². The van der Waals surface area contributed by atoms with E-state index in [1.54, 1.807) is 19.1 Å². The molecular weight excluding hydrogens is 319 g/mol. The normalized spacial score (nSPS) is 13.5. The summed E-state index contributed by atoms with van der Waals surface area (Å²) in [5.41, 5.74) is 0.980. The molecule has 0 aliphatic rings. The van der Waals surface area contributed by atoms with Crippen LogP contribution in [0.2, 0.25) is 0 Å². The van der Waals surface area contributed by atoms with Gasteiger partial charge in [0.1, 0.15) is 17.3 Å². The number of halogens is 1. The number of nitrogens with zero attached hydrogens (tertiary/aromatic N) is 1. The van der Waals surface area contributed by atoms with Gasteiger partial charge in [-0.25, -0.2) is 9.37 Å². The van der Waals surface area contributed by atoms with Crippen molar-refractivity contribution in [2.45, 2.75) is 31.3 Å². The minimum absolute atomic E-state index is 0.111. The Labute approximate surface area is 136 Å². The second-order valence-electron chi connectivity index (χ2n) is 5.11. The van der Waals surface area contributed by atoms with Crippen LogP contribution in [0.1, 0.15) is 26.0 Å². The Morgan fingerprint density at radius 3 is 2.96 bits per heavy atom. The van der Waals surface area contributed by atoms with E-state index in [2.05, 4.69) is 10.3 Å². The Hall–Kier alpha value is -2.02. The summed E-state index contributed by atoms with van der Waals surface area (Å²) in [5, 5.41) is 2.09. The molecule has 5 nitrogen and oxygen atoms in total. The van der Waals surface area contributed by atoms with E-state index in [1.807, 2.05) is 6.92 Å². The highest BCUT2D eigenvalue weighted by Crippen LogP contribution is 2.20. The second-order valence-corrected chi connectivity index (χ2v) is 6.87. The summed E-state index contributed by atoms with van der Waals surface area (Å²) in [4.78, 5) is 16.0. The molecule has 124 valence electrons. The van der Waals surface area contributed by atoms with Crippen molar-refractivity contribution in [1.82, 2.24) is 10.3 Å². The van der Waals surface area contributed by atoms with Crippen LogP contribution < -0.4 is 5.32 Å². The van der Waals surface area contributed by atoms with Gasteiger partial charge >= 0.3 is 0 Å². The number of amides is 1. The van der Waals surface area contributed by atoms with Crippen molar-refractivity contribution in [3.63, 3.8) is 0 Å². The van der Waals surface area contributed by atoms with E-state index in [0.717, 1.165) is 6.42 Å². The molecule has 7 heteroatoms. The van der Waals surface area contributed by atoms with Crippen LogP contribution in [0.4, 0.5) is 4.39 Å². The van der Waals surface area contributed by atoms with Crippen LogP contribution in [0.15, 0.2) is 34.9 Å². The van der Waals surface area contributed by atoms with Crippen molar-refractivity contribution < 1.29 is 17.8 Å². The van der Waals surface area contributed by atoms with Crippen LogP contribution in [-0.4, -0.2) is 26.9 Å². The maximum atomic E-state index is 13.2. The predicted octanol–water partition coefficient (Wildman–Crippen LogP) is 2.64. The molecule has 2 aromatic rings. The Morgan fingerprint density at radius 1 is 1.48 bits per heavy atom. The van der Waals surface area contributed by atoms with Gasteiger partial charge in [0.05, 0.1) is 11.4 Å². The molecule has 0 saturated carbocycles. The summed E-state index contributed by atoms with van der Waals surface area (Å²) in [5.74, 6) is -0.245. The summed E-state index contributed by atoms with van der Waals surface area (Å²) in [7, 11) is -1.41. The van der Waals surface area contributed by atoms with E-state index >= 15 is 0 Å². The molecule has 1 aromatic carbocycles. The lowest BCUT2D eigenvalue weighted by Gasteiger charge is -2.10. The quantitative estimate of drug-likeness (QED) is 0.842. The van der Waals surface area contributed by atoms with Gasteiger partial charge in [0.25, 0.3) is 0 Å². The maximum Gasteiger partial charge on any atom is 0.235 e. The standard InChI is InChI=1S/C16H19FN2O3S/c1-3-7-18-15(20)11(2)23(21)10-14-9-22-16(19-14)12-5-4-6-13(17)8-12/h4-6,8-9,11H,3,7,10H2,1-2H3,(H,18,20). The smallest absolute Gasteiger partial charge is 0.235 e. The zero-order valence-corrected chi connectivity index (χ0v) is 13.9. The first kappa shape index (κ1) is 17.3. The first-order valence-corrected chi connectivity index (χ1v) is 8.74. The van der Waals surface area contributed by atoms with Gasteiger partial charge in [0.2, 0.25) is 11.8 Å². The number of carbonyl (C=O) groups is 1. The summed E-state index contributed by atoms with van der Waals surface area (Å²) < 4.78 is 30.7. The van der Waals surface area contributed by atoms with Crippen LogP contribution in [0.25, 0.3) is 11.5 Å². The van der Waals surface area contributed by atoms with E-state index in [4.69, 9.17) is 4.42 Å². The molecule has 0 fully saturated rings. The van der Waals surface area contributed by atoms with Crippen molar-refractivity contribution in [2.24, 2.45) is 0 Å². The number of benzene rings is 1. The molecule has 0 aliphatic heterocycles. The molecule has 0 bridgehead atoms. The average molecular weight is 338 g/mol. The molecule has 0 spiro atoms. The minimum atomic E-state index is -1.41. The third-order valence-electron chi connectivity index (χ3n) is 3.23. The molecule has 23 heavy (non-hydrogen) atoms. The fourth-order valence-corrected chi connectivity index (χ4v) is 2.91. The lowest BCUT2D eigenvalue weighted by molar-refractivity contribution is -0.120. The van der Waals surface area contributed by atoms with Crippen LogP contribution in [0.3, 0.4) is 0 Å². The van der Waals surface area contributed by atoms with Crippen molar-refractivity contribution in [1.29, 1.82) is 0 Å². The van der Waals surface area contributed by atoms with Crippen LogP contribution in [0, 0.1) is 5.82 Å². The van der Waals surface area contributed by atoms with Crippen molar-refractivity contribution in [3.05, 3.63) is 42.0 Å². The largest absolute Gasteiger partial charge is 0.444 e. The number of rotatable bonds is 7. The molecular formula is C16H19FN2O3S. The van der Waals surface area contributed by atoms with Gasteiger partial charge in [0.15, 0.2) is 0 Å². The predicted molar refractivity (Wildman–Crippen MR) is 86.5 cm³/mol. The Bertz CT molecular complexity index is 702. The summed E-state index contributed by atoms with van der Waals surface area (Å²) in [6, 6.07) is 5.88. The minimum Gasteiger partial charge on any atom is -0.444 e. The highest BCUT2D eigenvalue weighted by molar-refractivity contribution is 7.85. The van der Waals surface area contributed by atoms with Gasteiger partial charge in [-0.05, 0) is 31.5 Å². The van der Waals surface area contributed by atoms with E-state index in [-0.39, 0.29) is 23.4 Å². The lowest BCUT2D eigenvalue weighted by Crippen LogP contribution is -2.36. The Balaban J connectivity index is 2.01. The molecule has 1 heterocycles. The molecule has 2 atom stereocenters. The molecule has 2 unspecified atom stereocenters. The van der Waals surface area contributed by atoms with Gasteiger partial charge in [-0.1, -0.05) is 13.0 Å². The van der Waals surface area contributed by atoms with E-state index < -0.39 is 16.0 Å². The molecule has 2 rings (SSSR count). The molecule has 1 amide bonds. The zero-order chi connectivity index (χ0) is 16.8. The number of hydrogen-bond donors (Lipinski definition) is 1. The van der Waals surface area contributed by atoms with E-state index in [1.165, 1.54) is 18.4 Å². The zero-order valence-electron chi connectivity index (χ0n) is 13.0. The Kier molecular flexibility index (Phi) is 6.04. The first-order valence-electron chi connectivity index (χ1n) is 7.36. The number of oxazole rings is 1. The first-order chi connectivity index (χ1) is 11.0. The van der Waals surface area contributed by atoms with E-state index in [9.17, 15) is 13.4 Å². The highest BCUT2D eigenvalue weighted by Gasteiger charge is 2.21. The maximum absolute atomic E-state index is 13.2. The SMILES string of the molecule is CCCNC(=O)C(C)S(=O)Cc1coc(-c2cccc(F)c2)n1. The van der Waals surface area contributed by atoms with Gasteiger partial charge in [0, 0.05) is 22.9 Å². The summed E-state index contributed by atoms with van der Waals surface area (Å²) >= 11 is 0. The van der Waals surface area contributed by atoms with Crippen molar-refractivity contribution >= 4 is 16.7 Å². The number of hydrogen-bond acceptors (Lipinski definition) is 4. The van der Waals surface area contributed by atoms with Crippen molar-refractivity contribution in [3.8, 4) is 11.5 Å². The number of nitrogens with one attached hydrogen (secondary N) is 1.